The van der Waals surface area contributed by atoms with Gasteiger partial charge in [0.05, 0.1) is 0 Å². The van der Waals surface area contributed by atoms with Gasteiger partial charge in [0.25, 0.3) is 5.91 Å². The third-order valence-electron chi connectivity index (χ3n) is 2.25. The summed E-state index contributed by atoms with van der Waals surface area (Å²) in [5.41, 5.74) is 5.71. The van der Waals surface area contributed by atoms with E-state index in [-0.39, 0.29) is 24.0 Å². The van der Waals surface area contributed by atoms with Crippen LogP contribution >= 0.6 is 0 Å². The van der Waals surface area contributed by atoms with Crippen LogP contribution < -0.4 is 15.8 Å². The molecule has 6 heteroatoms. The highest BCUT2D eigenvalue weighted by Gasteiger charge is 2.07. The molecular weight excluding hydrogens is 236 g/mol. The summed E-state index contributed by atoms with van der Waals surface area (Å²) in [4.78, 5) is 11.4. The van der Waals surface area contributed by atoms with Gasteiger partial charge in [-0.3, -0.25) is 4.79 Å². The lowest BCUT2D eigenvalue weighted by molar-refractivity contribution is -0.123. The van der Waals surface area contributed by atoms with E-state index in [2.05, 4.69) is 5.32 Å². The molecule has 0 fully saturated rings. The molecule has 1 amide bonds. The number of aromatic hydroxyl groups is 1. The number of phenolic OH excluding ortho intramolecular Hbond substituents is 1. The highest BCUT2D eigenvalue weighted by molar-refractivity contribution is 5.77. The number of methoxy groups -OCH3 is 1. The van der Waals surface area contributed by atoms with E-state index < -0.39 is 0 Å². The van der Waals surface area contributed by atoms with E-state index in [0.29, 0.717) is 18.9 Å². The molecule has 0 spiro atoms. The Morgan fingerprint density at radius 2 is 2.28 bits per heavy atom. The molecule has 1 aromatic carbocycles. The van der Waals surface area contributed by atoms with Crippen LogP contribution in [0.3, 0.4) is 0 Å². The summed E-state index contributed by atoms with van der Waals surface area (Å²) in [6, 6.07) is 4.64. The number of ether oxygens (including phenoxy) is 2. The van der Waals surface area contributed by atoms with Crippen molar-refractivity contribution in [2.45, 2.75) is 6.42 Å². The van der Waals surface area contributed by atoms with Crippen LogP contribution in [0.4, 0.5) is 5.69 Å². The maximum atomic E-state index is 11.4. The second kappa shape index (κ2) is 7.39. The largest absolute Gasteiger partial charge is 0.506 e. The lowest BCUT2D eigenvalue weighted by Gasteiger charge is -2.09. The minimum absolute atomic E-state index is 0.0620. The summed E-state index contributed by atoms with van der Waals surface area (Å²) < 4.78 is 10.1. The molecule has 0 radical (unpaired) electrons. The minimum atomic E-state index is -0.242. The number of para-hydroxylation sites is 1. The molecule has 0 bridgehead atoms. The SMILES string of the molecule is COCCCNC(=O)COc1cccc(O)c1N. The van der Waals surface area contributed by atoms with E-state index in [1.165, 1.54) is 6.07 Å². The van der Waals surface area contributed by atoms with Crippen LogP contribution in [-0.2, 0) is 9.53 Å². The first-order chi connectivity index (χ1) is 8.65. The molecule has 6 nitrogen and oxygen atoms in total. The number of hydrogen-bond donors (Lipinski definition) is 3. The van der Waals surface area contributed by atoms with Crippen molar-refractivity contribution in [3.63, 3.8) is 0 Å². The van der Waals surface area contributed by atoms with Gasteiger partial charge < -0.3 is 25.6 Å². The Morgan fingerprint density at radius 1 is 1.50 bits per heavy atom. The standard InChI is InChI=1S/C12H18N2O4/c1-17-7-3-6-14-11(16)8-18-10-5-2-4-9(15)12(10)13/h2,4-5,15H,3,6-8,13H2,1H3,(H,14,16). The second-order valence-electron chi connectivity index (χ2n) is 3.67. The van der Waals surface area contributed by atoms with Gasteiger partial charge in [-0.1, -0.05) is 6.07 Å². The number of carbonyl (C=O) groups is 1. The molecule has 1 rings (SSSR count). The van der Waals surface area contributed by atoms with Crippen molar-refractivity contribution in [1.29, 1.82) is 0 Å². The Hall–Kier alpha value is -1.95. The van der Waals surface area contributed by atoms with E-state index in [4.69, 9.17) is 15.2 Å². The van der Waals surface area contributed by atoms with Gasteiger partial charge in [0.1, 0.15) is 17.2 Å². The van der Waals surface area contributed by atoms with Crippen LogP contribution in [0.15, 0.2) is 18.2 Å². The maximum Gasteiger partial charge on any atom is 0.257 e. The fourth-order valence-corrected chi connectivity index (χ4v) is 1.30. The summed E-state index contributed by atoms with van der Waals surface area (Å²) in [7, 11) is 1.61. The second-order valence-corrected chi connectivity index (χ2v) is 3.67. The van der Waals surface area contributed by atoms with Crippen molar-refractivity contribution in [3.05, 3.63) is 18.2 Å². The number of nitrogens with one attached hydrogen (secondary N) is 1. The average Bonchev–Trinajstić information content (AvgIpc) is 2.36. The van der Waals surface area contributed by atoms with Crippen LogP contribution in [0.25, 0.3) is 0 Å². The van der Waals surface area contributed by atoms with Crippen molar-refractivity contribution >= 4 is 11.6 Å². The number of amides is 1. The van der Waals surface area contributed by atoms with E-state index in [9.17, 15) is 9.90 Å². The van der Waals surface area contributed by atoms with Gasteiger partial charge in [0.15, 0.2) is 6.61 Å². The monoisotopic (exact) mass is 254 g/mol. The van der Waals surface area contributed by atoms with Crippen LogP contribution in [0.2, 0.25) is 0 Å². The zero-order chi connectivity index (χ0) is 13.4. The Kier molecular flexibility index (Phi) is 5.79. The molecule has 4 N–H and O–H groups in total. The summed E-state index contributed by atoms with van der Waals surface area (Å²) in [5.74, 6) is -0.0103. The van der Waals surface area contributed by atoms with Gasteiger partial charge in [-0.25, -0.2) is 0 Å². The molecule has 1 aromatic rings. The van der Waals surface area contributed by atoms with E-state index in [1.54, 1.807) is 19.2 Å². The zero-order valence-corrected chi connectivity index (χ0v) is 10.3. The number of phenols is 1. The zero-order valence-electron chi connectivity index (χ0n) is 10.3. The van der Waals surface area contributed by atoms with E-state index >= 15 is 0 Å². The molecule has 18 heavy (non-hydrogen) atoms. The number of carbonyl (C=O) groups excluding carboxylic acids is 1. The van der Waals surface area contributed by atoms with Gasteiger partial charge in [-0.2, -0.15) is 0 Å². The molecule has 0 aliphatic heterocycles. The molecule has 0 saturated carbocycles. The van der Waals surface area contributed by atoms with Gasteiger partial charge in [0, 0.05) is 20.3 Å². The first kappa shape index (κ1) is 14.1. The first-order valence-corrected chi connectivity index (χ1v) is 5.61. The van der Waals surface area contributed by atoms with Crippen molar-refractivity contribution in [1.82, 2.24) is 5.32 Å². The fourth-order valence-electron chi connectivity index (χ4n) is 1.30. The Morgan fingerprint density at radius 3 is 3.00 bits per heavy atom. The number of rotatable bonds is 7. The minimum Gasteiger partial charge on any atom is -0.506 e. The van der Waals surface area contributed by atoms with Gasteiger partial charge in [-0.15, -0.1) is 0 Å². The molecule has 0 aromatic heterocycles. The third-order valence-corrected chi connectivity index (χ3v) is 2.25. The number of benzene rings is 1. The molecule has 0 saturated heterocycles. The molecule has 0 heterocycles. The first-order valence-electron chi connectivity index (χ1n) is 5.61. The lowest BCUT2D eigenvalue weighted by Crippen LogP contribution is -2.30. The predicted octanol–water partition coefficient (Wildman–Crippen LogP) is 0.506. The summed E-state index contributed by atoms with van der Waals surface area (Å²) >= 11 is 0. The summed E-state index contributed by atoms with van der Waals surface area (Å²) in [6.07, 6.45) is 0.747. The predicted molar refractivity (Wildman–Crippen MR) is 67.5 cm³/mol. The molecule has 0 aliphatic rings. The topological polar surface area (TPSA) is 93.8 Å². The van der Waals surface area contributed by atoms with Gasteiger partial charge in [-0.05, 0) is 18.6 Å². The quantitative estimate of drug-likeness (QED) is 0.374. The average molecular weight is 254 g/mol. The number of anilines is 1. The highest BCUT2D eigenvalue weighted by Crippen LogP contribution is 2.29. The number of hydrogen-bond acceptors (Lipinski definition) is 5. The Bertz CT molecular complexity index is 396. The maximum absolute atomic E-state index is 11.4. The van der Waals surface area contributed by atoms with Crippen molar-refractivity contribution in [3.8, 4) is 11.5 Å². The number of nitrogen functional groups attached to an aromatic ring is 1. The van der Waals surface area contributed by atoms with E-state index in [1.807, 2.05) is 0 Å². The van der Waals surface area contributed by atoms with Crippen LogP contribution in [0, 0.1) is 0 Å². The molecule has 100 valence electrons. The van der Waals surface area contributed by atoms with E-state index in [0.717, 1.165) is 6.42 Å². The van der Waals surface area contributed by atoms with Crippen LogP contribution in [0.5, 0.6) is 11.5 Å². The number of nitrogens with two attached hydrogens (primary N) is 1. The van der Waals surface area contributed by atoms with Crippen molar-refractivity contribution < 1.29 is 19.4 Å². The summed E-state index contributed by atoms with van der Waals surface area (Å²) in [5, 5.41) is 12.0. The summed E-state index contributed by atoms with van der Waals surface area (Å²) in [6.45, 7) is 0.993. The lowest BCUT2D eigenvalue weighted by atomic mass is 10.3. The molecule has 0 aliphatic carbocycles. The van der Waals surface area contributed by atoms with Crippen molar-refractivity contribution in [2.75, 3.05) is 32.6 Å². The Balaban J connectivity index is 2.32. The highest BCUT2D eigenvalue weighted by atomic mass is 16.5. The third kappa shape index (κ3) is 4.50. The van der Waals surface area contributed by atoms with Gasteiger partial charge in [0.2, 0.25) is 0 Å². The smallest absolute Gasteiger partial charge is 0.257 e. The van der Waals surface area contributed by atoms with Gasteiger partial charge >= 0.3 is 0 Å². The normalized spacial score (nSPS) is 10.1. The molecular formula is C12H18N2O4. The molecule has 0 unspecified atom stereocenters. The fraction of sp³-hybridized carbons (Fsp3) is 0.417. The van der Waals surface area contributed by atoms with Crippen LogP contribution in [0.1, 0.15) is 6.42 Å². The van der Waals surface area contributed by atoms with Crippen molar-refractivity contribution in [2.24, 2.45) is 0 Å². The van der Waals surface area contributed by atoms with Crippen LogP contribution in [-0.4, -0.2) is 37.9 Å². The molecule has 0 atom stereocenters. The Labute approximate surface area is 106 Å².